The highest BCUT2D eigenvalue weighted by molar-refractivity contribution is 6.31. The van der Waals surface area contributed by atoms with Gasteiger partial charge in [0, 0.05) is 5.56 Å². The predicted octanol–water partition coefficient (Wildman–Crippen LogP) is 3.43. The minimum absolute atomic E-state index is 0.0165. The van der Waals surface area contributed by atoms with Gasteiger partial charge in [0.15, 0.2) is 11.6 Å². The molecule has 0 fully saturated rings. The van der Waals surface area contributed by atoms with Crippen molar-refractivity contribution < 1.29 is 13.6 Å². The van der Waals surface area contributed by atoms with E-state index in [9.17, 15) is 13.6 Å². The molecule has 0 heterocycles. The van der Waals surface area contributed by atoms with E-state index in [1.807, 2.05) is 0 Å². The van der Waals surface area contributed by atoms with Gasteiger partial charge in [-0.1, -0.05) is 17.7 Å². The highest BCUT2D eigenvalue weighted by atomic mass is 35.5. The minimum Gasteiger partial charge on any atom is -0.396 e. The predicted molar refractivity (Wildman–Crippen MR) is 65.7 cm³/mol. The summed E-state index contributed by atoms with van der Waals surface area (Å²) in [5.74, 6) is -2.18. The van der Waals surface area contributed by atoms with Crippen molar-refractivity contribution in [2.24, 2.45) is 0 Å². The maximum Gasteiger partial charge on any atom is 0.196 e. The third kappa shape index (κ3) is 2.19. The van der Waals surface area contributed by atoms with Gasteiger partial charge in [-0.25, -0.2) is 8.78 Å². The van der Waals surface area contributed by atoms with Crippen LogP contribution in [0.1, 0.15) is 15.9 Å². The first kappa shape index (κ1) is 12.5. The molecule has 0 aliphatic heterocycles. The van der Waals surface area contributed by atoms with Gasteiger partial charge in [-0.15, -0.1) is 0 Å². The van der Waals surface area contributed by atoms with Gasteiger partial charge < -0.3 is 5.73 Å². The molecule has 2 aromatic rings. The second kappa shape index (κ2) is 4.74. The Hall–Kier alpha value is -1.94. The van der Waals surface area contributed by atoms with Crippen LogP contribution in [0.2, 0.25) is 5.02 Å². The molecule has 0 radical (unpaired) electrons. The lowest BCUT2D eigenvalue weighted by Gasteiger charge is -2.05. The SMILES string of the molecule is Nc1ccc(C(=O)c2cccc(Cl)c2F)cc1F. The average Bonchev–Trinajstić information content (AvgIpc) is 2.35. The molecule has 0 saturated carbocycles. The van der Waals surface area contributed by atoms with Gasteiger partial charge in [0.1, 0.15) is 5.82 Å². The highest BCUT2D eigenvalue weighted by Gasteiger charge is 2.16. The molecule has 0 spiro atoms. The molecule has 0 amide bonds. The molecule has 18 heavy (non-hydrogen) atoms. The summed E-state index contributed by atoms with van der Waals surface area (Å²) in [6.07, 6.45) is 0. The Morgan fingerprint density at radius 1 is 1.17 bits per heavy atom. The number of rotatable bonds is 2. The topological polar surface area (TPSA) is 43.1 Å². The normalized spacial score (nSPS) is 10.4. The molecule has 2 rings (SSSR count). The summed E-state index contributed by atoms with van der Waals surface area (Å²) < 4.78 is 26.9. The second-order valence-electron chi connectivity index (χ2n) is 3.67. The maximum atomic E-state index is 13.6. The van der Waals surface area contributed by atoms with Gasteiger partial charge >= 0.3 is 0 Å². The van der Waals surface area contributed by atoms with E-state index < -0.39 is 17.4 Å². The zero-order valence-corrected chi connectivity index (χ0v) is 9.84. The molecule has 2 nitrogen and oxygen atoms in total. The van der Waals surface area contributed by atoms with Crippen LogP contribution in [0, 0.1) is 11.6 Å². The molecule has 0 aliphatic rings. The molecule has 0 unspecified atom stereocenters. The summed E-state index contributed by atoms with van der Waals surface area (Å²) >= 11 is 5.58. The van der Waals surface area contributed by atoms with E-state index in [-0.39, 0.29) is 21.8 Å². The molecule has 0 bridgehead atoms. The fourth-order valence-electron chi connectivity index (χ4n) is 1.50. The van der Waals surface area contributed by atoms with E-state index in [1.165, 1.54) is 30.3 Å². The third-order valence-corrected chi connectivity index (χ3v) is 2.75. The molecule has 2 aromatic carbocycles. The fraction of sp³-hybridized carbons (Fsp3) is 0. The number of hydrogen-bond acceptors (Lipinski definition) is 2. The number of carbonyl (C=O) groups is 1. The van der Waals surface area contributed by atoms with Crippen LogP contribution in [0.4, 0.5) is 14.5 Å². The molecule has 92 valence electrons. The average molecular weight is 268 g/mol. The molecule has 2 N–H and O–H groups in total. The summed E-state index contributed by atoms with van der Waals surface area (Å²) in [6.45, 7) is 0. The van der Waals surface area contributed by atoms with Crippen LogP contribution in [-0.4, -0.2) is 5.78 Å². The van der Waals surface area contributed by atoms with Crippen LogP contribution < -0.4 is 5.73 Å². The van der Waals surface area contributed by atoms with Crippen molar-refractivity contribution in [2.45, 2.75) is 0 Å². The zero-order chi connectivity index (χ0) is 13.3. The number of nitrogens with two attached hydrogens (primary N) is 1. The lowest BCUT2D eigenvalue weighted by atomic mass is 10.0. The number of benzene rings is 2. The van der Waals surface area contributed by atoms with Gasteiger partial charge in [0.05, 0.1) is 16.3 Å². The summed E-state index contributed by atoms with van der Waals surface area (Å²) in [7, 11) is 0. The Bertz CT molecular complexity index is 628. The van der Waals surface area contributed by atoms with E-state index in [4.69, 9.17) is 17.3 Å². The Labute approximate surface area is 107 Å². The molecule has 0 atom stereocenters. The maximum absolute atomic E-state index is 13.6. The first-order chi connectivity index (χ1) is 8.50. The first-order valence-corrected chi connectivity index (χ1v) is 5.42. The minimum atomic E-state index is -0.818. The Kier molecular flexibility index (Phi) is 3.30. The lowest BCUT2D eigenvalue weighted by Crippen LogP contribution is -2.05. The molecule has 0 saturated heterocycles. The largest absolute Gasteiger partial charge is 0.396 e. The monoisotopic (exact) mass is 267 g/mol. The van der Waals surface area contributed by atoms with E-state index in [0.29, 0.717) is 0 Å². The van der Waals surface area contributed by atoms with Crippen LogP contribution in [-0.2, 0) is 0 Å². The smallest absolute Gasteiger partial charge is 0.196 e. The van der Waals surface area contributed by atoms with Crippen molar-refractivity contribution in [2.75, 3.05) is 5.73 Å². The number of hydrogen-bond donors (Lipinski definition) is 1. The molecule has 5 heteroatoms. The number of ketones is 1. The summed E-state index contributed by atoms with van der Waals surface area (Å²) in [5.41, 5.74) is 5.04. The van der Waals surface area contributed by atoms with E-state index >= 15 is 0 Å². The van der Waals surface area contributed by atoms with Gasteiger partial charge in [0.25, 0.3) is 0 Å². The second-order valence-corrected chi connectivity index (χ2v) is 4.07. The van der Waals surface area contributed by atoms with Crippen molar-refractivity contribution in [1.29, 1.82) is 0 Å². The summed E-state index contributed by atoms with van der Waals surface area (Å²) in [4.78, 5) is 12.0. The van der Waals surface area contributed by atoms with E-state index in [2.05, 4.69) is 0 Å². The van der Waals surface area contributed by atoms with Crippen molar-refractivity contribution >= 4 is 23.1 Å². The van der Waals surface area contributed by atoms with E-state index in [1.54, 1.807) is 0 Å². The van der Waals surface area contributed by atoms with Crippen LogP contribution in [0.25, 0.3) is 0 Å². The van der Waals surface area contributed by atoms with E-state index in [0.717, 1.165) is 6.07 Å². The molecular formula is C13H8ClF2NO. The standard InChI is InChI=1S/C13H8ClF2NO/c14-9-3-1-2-8(12(9)16)13(18)7-4-5-11(17)10(15)6-7/h1-6H,17H2. The quantitative estimate of drug-likeness (QED) is 0.669. The molecule has 0 aliphatic carbocycles. The Morgan fingerprint density at radius 2 is 1.89 bits per heavy atom. The van der Waals surface area contributed by atoms with Crippen LogP contribution in [0.15, 0.2) is 36.4 Å². The van der Waals surface area contributed by atoms with Crippen LogP contribution >= 0.6 is 11.6 Å². The zero-order valence-electron chi connectivity index (χ0n) is 9.08. The molecular weight excluding hydrogens is 260 g/mol. The summed E-state index contributed by atoms with van der Waals surface area (Å²) in [6, 6.07) is 7.63. The summed E-state index contributed by atoms with van der Waals surface area (Å²) in [5, 5.41) is -0.156. The van der Waals surface area contributed by atoms with Crippen LogP contribution in [0.5, 0.6) is 0 Å². The van der Waals surface area contributed by atoms with Crippen molar-refractivity contribution in [3.8, 4) is 0 Å². The Balaban J connectivity index is 2.48. The number of anilines is 1. The van der Waals surface area contributed by atoms with Crippen molar-refractivity contribution in [1.82, 2.24) is 0 Å². The van der Waals surface area contributed by atoms with Gasteiger partial charge in [-0.05, 0) is 30.3 Å². The number of nitrogen functional groups attached to an aromatic ring is 1. The van der Waals surface area contributed by atoms with Crippen molar-refractivity contribution in [3.05, 3.63) is 64.2 Å². The Morgan fingerprint density at radius 3 is 2.56 bits per heavy atom. The van der Waals surface area contributed by atoms with Crippen molar-refractivity contribution in [3.63, 3.8) is 0 Å². The van der Waals surface area contributed by atoms with Crippen LogP contribution in [0.3, 0.4) is 0 Å². The highest BCUT2D eigenvalue weighted by Crippen LogP contribution is 2.22. The van der Waals surface area contributed by atoms with Gasteiger partial charge in [-0.2, -0.15) is 0 Å². The number of halogens is 3. The first-order valence-electron chi connectivity index (χ1n) is 5.04. The number of carbonyl (C=O) groups excluding carboxylic acids is 1. The molecule has 0 aromatic heterocycles. The van der Waals surface area contributed by atoms with Gasteiger partial charge in [0.2, 0.25) is 0 Å². The lowest BCUT2D eigenvalue weighted by molar-refractivity contribution is 0.103. The van der Waals surface area contributed by atoms with Gasteiger partial charge in [-0.3, -0.25) is 4.79 Å². The third-order valence-electron chi connectivity index (χ3n) is 2.46. The fourth-order valence-corrected chi connectivity index (χ4v) is 1.68.